The summed E-state index contributed by atoms with van der Waals surface area (Å²) in [6.45, 7) is 4.02. The monoisotopic (exact) mass is 288 g/mol. The second-order valence-electron chi connectivity index (χ2n) is 6.23. The minimum Gasteiger partial charge on any atom is -0.486 e. The van der Waals surface area contributed by atoms with Crippen LogP contribution >= 0.6 is 0 Å². The lowest BCUT2D eigenvalue weighted by molar-refractivity contribution is -0.117. The maximum atomic E-state index is 12.4. The maximum Gasteiger partial charge on any atom is 0.227 e. The molecule has 2 fully saturated rings. The number of amides is 1. The Morgan fingerprint density at radius 3 is 2.67 bits per heavy atom. The van der Waals surface area contributed by atoms with E-state index < -0.39 is 0 Å². The second kappa shape index (κ2) is 4.91. The predicted molar refractivity (Wildman–Crippen MR) is 78.9 cm³/mol. The van der Waals surface area contributed by atoms with Crippen LogP contribution in [0.5, 0.6) is 11.5 Å². The number of fused-ring (bicyclic) bond motifs is 1. The van der Waals surface area contributed by atoms with Gasteiger partial charge in [-0.3, -0.25) is 4.79 Å². The third kappa shape index (κ3) is 2.25. The molecule has 5 nitrogen and oxygen atoms in total. The van der Waals surface area contributed by atoms with Gasteiger partial charge in [-0.05, 0) is 43.5 Å². The second-order valence-corrected chi connectivity index (χ2v) is 6.23. The molecule has 1 aromatic rings. The number of nitrogens with one attached hydrogen (secondary N) is 1. The number of piperidine rings is 1. The highest BCUT2D eigenvalue weighted by atomic mass is 16.6. The molecule has 3 aliphatic heterocycles. The van der Waals surface area contributed by atoms with E-state index in [1.807, 2.05) is 23.1 Å². The van der Waals surface area contributed by atoms with Gasteiger partial charge in [-0.1, -0.05) is 0 Å². The molecule has 5 heteroatoms. The lowest BCUT2D eigenvalue weighted by Gasteiger charge is -2.33. The standard InChI is InChI=1S/C16H20N2O3/c19-15-10-16(3-5-17-6-4-16)11-18(15)12-1-2-13-14(9-12)21-8-7-20-13/h1-2,9,17H,3-8,10-11H2. The third-order valence-corrected chi connectivity index (χ3v) is 4.82. The van der Waals surface area contributed by atoms with Gasteiger partial charge in [-0.15, -0.1) is 0 Å². The molecule has 3 heterocycles. The van der Waals surface area contributed by atoms with Crippen molar-refractivity contribution in [3.63, 3.8) is 0 Å². The first-order valence-corrected chi connectivity index (χ1v) is 7.67. The predicted octanol–water partition coefficient (Wildman–Crippen LogP) is 1.56. The van der Waals surface area contributed by atoms with Crippen molar-refractivity contribution >= 4 is 11.6 Å². The van der Waals surface area contributed by atoms with Crippen LogP contribution < -0.4 is 19.7 Å². The molecule has 0 aromatic heterocycles. The highest BCUT2D eigenvalue weighted by Gasteiger charge is 2.44. The maximum absolute atomic E-state index is 12.4. The van der Waals surface area contributed by atoms with Gasteiger partial charge >= 0.3 is 0 Å². The molecule has 0 unspecified atom stereocenters. The van der Waals surface area contributed by atoms with Crippen LogP contribution in [0, 0.1) is 5.41 Å². The van der Waals surface area contributed by atoms with Crippen molar-refractivity contribution in [2.24, 2.45) is 5.41 Å². The van der Waals surface area contributed by atoms with Gasteiger partial charge in [0.15, 0.2) is 11.5 Å². The number of rotatable bonds is 1. The number of hydrogen-bond donors (Lipinski definition) is 1. The van der Waals surface area contributed by atoms with Crippen molar-refractivity contribution in [1.82, 2.24) is 5.32 Å². The Labute approximate surface area is 124 Å². The number of benzene rings is 1. The molecule has 0 saturated carbocycles. The van der Waals surface area contributed by atoms with Gasteiger partial charge in [0.05, 0.1) is 0 Å². The van der Waals surface area contributed by atoms with Crippen LogP contribution in [0.15, 0.2) is 18.2 Å². The summed E-state index contributed by atoms with van der Waals surface area (Å²) in [5.41, 5.74) is 1.09. The third-order valence-electron chi connectivity index (χ3n) is 4.82. The minimum absolute atomic E-state index is 0.162. The van der Waals surface area contributed by atoms with Crippen LogP contribution in [-0.2, 0) is 4.79 Å². The largest absolute Gasteiger partial charge is 0.486 e. The summed E-state index contributed by atoms with van der Waals surface area (Å²) in [6.07, 6.45) is 2.84. The Bertz CT molecular complexity index is 567. The molecule has 1 N–H and O–H groups in total. The minimum atomic E-state index is 0.162. The molecule has 0 atom stereocenters. The van der Waals surface area contributed by atoms with E-state index in [-0.39, 0.29) is 11.3 Å². The molecule has 21 heavy (non-hydrogen) atoms. The summed E-state index contributed by atoms with van der Waals surface area (Å²) in [5.74, 6) is 1.75. The SMILES string of the molecule is O=C1CC2(CCNCC2)CN1c1ccc2c(c1)OCCO2. The summed E-state index contributed by atoms with van der Waals surface area (Å²) in [7, 11) is 0. The van der Waals surface area contributed by atoms with Crippen LogP contribution in [0.4, 0.5) is 5.69 Å². The number of carbonyl (C=O) groups excluding carboxylic acids is 1. The Morgan fingerprint density at radius 2 is 1.86 bits per heavy atom. The topological polar surface area (TPSA) is 50.8 Å². The van der Waals surface area contributed by atoms with Crippen LogP contribution in [0.2, 0.25) is 0 Å². The van der Waals surface area contributed by atoms with Crippen molar-refractivity contribution < 1.29 is 14.3 Å². The lowest BCUT2D eigenvalue weighted by atomic mass is 9.78. The Kier molecular flexibility index (Phi) is 3.03. The van der Waals surface area contributed by atoms with E-state index >= 15 is 0 Å². The lowest BCUT2D eigenvalue weighted by Crippen LogP contribution is -2.38. The molecule has 112 valence electrons. The van der Waals surface area contributed by atoms with Gasteiger partial charge < -0.3 is 19.7 Å². The van der Waals surface area contributed by atoms with E-state index in [9.17, 15) is 4.79 Å². The van der Waals surface area contributed by atoms with Gasteiger partial charge in [0.2, 0.25) is 5.91 Å². The molecular formula is C16H20N2O3. The average molecular weight is 288 g/mol. The quantitative estimate of drug-likeness (QED) is 0.852. The summed E-state index contributed by atoms with van der Waals surface area (Å²) < 4.78 is 11.2. The molecule has 1 amide bonds. The van der Waals surface area contributed by atoms with Crippen LogP contribution in [-0.4, -0.2) is 38.8 Å². The zero-order valence-electron chi connectivity index (χ0n) is 12.1. The number of ether oxygens (including phenoxy) is 2. The molecule has 0 aliphatic carbocycles. The molecule has 0 radical (unpaired) electrons. The fourth-order valence-electron chi connectivity index (χ4n) is 3.62. The first kappa shape index (κ1) is 13.0. The first-order valence-electron chi connectivity index (χ1n) is 7.67. The summed E-state index contributed by atoms with van der Waals surface area (Å²) in [4.78, 5) is 14.4. The Balaban J connectivity index is 1.60. The number of carbonyl (C=O) groups is 1. The molecule has 1 aromatic carbocycles. The van der Waals surface area contributed by atoms with E-state index in [0.29, 0.717) is 19.6 Å². The van der Waals surface area contributed by atoms with E-state index in [4.69, 9.17) is 9.47 Å². The van der Waals surface area contributed by atoms with Gasteiger partial charge in [0.1, 0.15) is 13.2 Å². The van der Waals surface area contributed by atoms with Crippen molar-refractivity contribution in [1.29, 1.82) is 0 Å². The Morgan fingerprint density at radius 1 is 1.10 bits per heavy atom. The van der Waals surface area contributed by atoms with Gasteiger partial charge in [0, 0.05) is 24.7 Å². The highest BCUT2D eigenvalue weighted by molar-refractivity contribution is 5.96. The fraction of sp³-hybridized carbons (Fsp3) is 0.562. The zero-order valence-corrected chi connectivity index (χ0v) is 12.1. The van der Waals surface area contributed by atoms with Crippen LogP contribution in [0.1, 0.15) is 19.3 Å². The van der Waals surface area contributed by atoms with Gasteiger partial charge in [-0.25, -0.2) is 0 Å². The van der Waals surface area contributed by atoms with Crippen LogP contribution in [0.3, 0.4) is 0 Å². The van der Waals surface area contributed by atoms with Gasteiger partial charge in [0.25, 0.3) is 0 Å². The molecule has 3 aliphatic rings. The van der Waals surface area contributed by atoms with E-state index in [0.717, 1.165) is 49.7 Å². The summed E-state index contributed by atoms with van der Waals surface area (Å²) in [5, 5.41) is 3.38. The van der Waals surface area contributed by atoms with Crippen LogP contribution in [0.25, 0.3) is 0 Å². The van der Waals surface area contributed by atoms with Crippen molar-refractivity contribution in [3.8, 4) is 11.5 Å². The summed E-state index contributed by atoms with van der Waals surface area (Å²) in [6, 6.07) is 5.81. The van der Waals surface area contributed by atoms with E-state index in [1.54, 1.807) is 0 Å². The summed E-state index contributed by atoms with van der Waals surface area (Å²) >= 11 is 0. The average Bonchev–Trinajstić information content (AvgIpc) is 2.83. The zero-order chi connectivity index (χ0) is 14.3. The van der Waals surface area contributed by atoms with Crippen molar-refractivity contribution in [3.05, 3.63) is 18.2 Å². The number of nitrogens with zero attached hydrogens (tertiary/aromatic N) is 1. The molecule has 0 bridgehead atoms. The fourth-order valence-corrected chi connectivity index (χ4v) is 3.62. The van der Waals surface area contributed by atoms with Crippen molar-refractivity contribution in [2.45, 2.75) is 19.3 Å². The van der Waals surface area contributed by atoms with Gasteiger partial charge in [-0.2, -0.15) is 0 Å². The van der Waals surface area contributed by atoms with Crippen molar-refractivity contribution in [2.75, 3.05) is 37.7 Å². The number of anilines is 1. The molecule has 1 spiro atoms. The Hall–Kier alpha value is -1.75. The molecule has 4 rings (SSSR count). The van der Waals surface area contributed by atoms with E-state index in [1.165, 1.54) is 0 Å². The first-order chi connectivity index (χ1) is 10.3. The number of hydrogen-bond acceptors (Lipinski definition) is 4. The smallest absolute Gasteiger partial charge is 0.227 e. The van der Waals surface area contributed by atoms with E-state index in [2.05, 4.69) is 5.32 Å². The highest BCUT2D eigenvalue weighted by Crippen LogP contribution is 2.43. The molecule has 2 saturated heterocycles. The normalized spacial score (nSPS) is 23.6. The molecular weight excluding hydrogens is 268 g/mol.